The first-order chi connectivity index (χ1) is 10.4. The highest BCUT2D eigenvalue weighted by Crippen LogP contribution is 2.37. The molecule has 0 spiro atoms. The van der Waals surface area contributed by atoms with Crippen molar-refractivity contribution in [3.8, 4) is 0 Å². The maximum Gasteiger partial charge on any atom is 0.243 e. The van der Waals surface area contributed by atoms with Crippen LogP contribution in [0.5, 0.6) is 0 Å². The minimum absolute atomic E-state index is 0. The van der Waals surface area contributed by atoms with Gasteiger partial charge in [-0.2, -0.15) is 0 Å². The van der Waals surface area contributed by atoms with Crippen molar-refractivity contribution in [3.05, 3.63) is 0 Å². The van der Waals surface area contributed by atoms with Gasteiger partial charge >= 0.3 is 0 Å². The van der Waals surface area contributed by atoms with Crippen LogP contribution in [0.2, 0.25) is 0 Å². The van der Waals surface area contributed by atoms with Crippen LogP contribution in [0.4, 0.5) is 0 Å². The first kappa shape index (κ1) is 22.5. The average Bonchev–Trinajstić information content (AvgIpc) is 2.50. The lowest BCUT2D eigenvalue weighted by molar-refractivity contribution is -0.127. The Morgan fingerprint density at radius 1 is 1.17 bits per heavy atom. The Balaban J connectivity index is 0.00000484. The van der Waals surface area contributed by atoms with Gasteiger partial charge in [-0.15, -0.1) is 24.0 Å². The molecule has 5 nitrogen and oxygen atoms in total. The van der Waals surface area contributed by atoms with E-state index in [0.717, 1.165) is 25.0 Å². The van der Waals surface area contributed by atoms with E-state index in [1.54, 1.807) is 19.0 Å². The molecule has 1 saturated carbocycles. The summed E-state index contributed by atoms with van der Waals surface area (Å²) in [6, 6.07) is 0. The van der Waals surface area contributed by atoms with Crippen LogP contribution in [0.3, 0.4) is 0 Å². The highest BCUT2D eigenvalue weighted by molar-refractivity contribution is 14.0. The van der Waals surface area contributed by atoms with Crippen molar-refractivity contribution in [2.45, 2.75) is 52.9 Å². The summed E-state index contributed by atoms with van der Waals surface area (Å²) >= 11 is 0. The van der Waals surface area contributed by atoms with Gasteiger partial charge in [0, 0.05) is 27.2 Å². The Morgan fingerprint density at radius 3 is 2.30 bits per heavy atom. The van der Waals surface area contributed by atoms with Crippen LogP contribution in [0.15, 0.2) is 4.99 Å². The van der Waals surface area contributed by atoms with Crippen molar-refractivity contribution in [1.82, 2.24) is 15.5 Å². The molecule has 1 fully saturated rings. The lowest BCUT2D eigenvalue weighted by Gasteiger charge is -2.37. The minimum Gasteiger partial charge on any atom is -0.357 e. The molecule has 6 heteroatoms. The molecular weight excluding hydrogens is 403 g/mol. The predicted octanol–water partition coefficient (Wildman–Crippen LogP) is 2.85. The molecule has 0 aliphatic heterocycles. The maximum atomic E-state index is 11.7. The van der Waals surface area contributed by atoms with Gasteiger partial charge in [0.05, 0.1) is 0 Å². The average molecular weight is 438 g/mol. The molecule has 1 aliphatic rings. The summed E-state index contributed by atoms with van der Waals surface area (Å²) in [5, 5.41) is 6.64. The predicted molar refractivity (Wildman–Crippen MR) is 108 cm³/mol. The van der Waals surface area contributed by atoms with Gasteiger partial charge in [0.2, 0.25) is 5.91 Å². The van der Waals surface area contributed by atoms with Crippen molar-refractivity contribution in [1.29, 1.82) is 0 Å². The third-order valence-electron chi connectivity index (χ3n) is 4.64. The number of nitrogens with zero attached hydrogens (tertiary/aromatic N) is 2. The number of likely N-dealkylation sites (N-methyl/N-ethyl adjacent to an activating group) is 1. The number of carbonyl (C=O) groups is 1. The molecular formula is C17H35IN4O. The summed E-state index contributed by atoms with van der Waals surface area (Å²) in [6.07, 6.45) is 6.78. The fourth-order valence-electron chi connectivity index (χ4n) is 2.97. The lowest BCUT2D eigenvalue weighted by Crippen LogP contribution is -2.45. The maximum absolute atomic E-state index is 11.7. The molecule has 1 amide bonds. The lowest BCUT2D eigenvalue weighted by atomic mass is 9.71. The van der Waals surface area contributed by atoms with Gasteiger partial charge in [-0.1, -0.05) is 33.1 Å². The van der Waals surface area contributed by atoms with Gasteiger partial charge in [-0.3, -0.25) is 4.79 Å². The van der Waals surface area contributed by atoms with E-state index in [1.807, 2.05) is 6.92 Å². The normalized spacial score (nSPS) is 16.5. The Kier molecular flexibility index (Phi) is 10.8. The van der Waals surface area contributed by atoms with E-state index in [0.29, 0.717) is 0 Å². The molecule has 0 aromatic rings. The number of nitrogens with one attached hydrogen (secondary N) is 2. The number of amides is 1. The van der Waals surface area contributed by atoms with Crippen molar-refractivity contribution in [2.75, 3.05) is 33.7 Å². The molecule has 2 N–H and O–H groups in total. The summed E-state index contributed by atoms with van der Waals surface area (Å²) in [5.41, 5.74) is 0.252. The summed E-state index contributed by atoms with van der Waals surface area (Å²) in [7, 11) is 3.51. The number of carbonyl (C=O) groups excluding carboxylic acids is 1. The van der Waals surface area contributed by atoms with Crippen LogP contribution in [0, 0.1) is 11.3 Å². The van der Waals surface area contributed by atoms with Crippen LogP contribution in [0.1, 0.15) is 52.9 Å². The molecule has 1 aliphatic carbocycles. The minimum atomic E-state index is 0. The molecule has 0 atom stereocenters. The second-order valence-electron chi connectivity index (χ2n) is 7.16. The zero-order valence-corrected chi connectivity index (χ0v) is 17.8. The molecule has 0 aromatic heterocycles. The highest BCUT2D eigenvalue weighted by Gasteiger charge is 2.30. The van der Waals surface area contributed by atoms with E-state index in [9.17, 15) is 4.79 Å². The zero-order valence-electron chi connectivity index (χ0n) is 15.4. The van der Waals surface area contributed by atoms with E-state index in [2.05, 4.69) is 29.5 Å². The fourth-order valence-corrected chi connectivity index (χ4v) is 2.97. The molecule has 1 rings (SSSR count). The van der Waals surface area contributed by atoms with Gasteiger partial charge in [-0.25, -0.2) is 4.99 Å². The van der Waals surface area contributed by atoms with E-state index in [-0.39, 0.29) is 41.8 Å². The third-order valence-corrected chi connectivity index (χ3v) is 4.64. The molecule has 23 heavy (non-hydrogen) atoms. The molecule has 0 bridgehead atoms. The van der Waals surface area contributed by atoms with Crippen LogP contribution in [-0.2, 0) is 4.79 Å². The first-order valence-electron chi connectivity index (χ1n) is 8.59. The third kappa shape index (κ3) is 8.22. The number of hydrogen-bond acceptors (Lipinski definition) is 2. The van der Waals surface area contributed by atoms with Gasteiger partial charge in [-0.05, 0) is 31.1 Å². The van der Waals surface area contributed by atoms with Crippen LogP contribution in [0.25, 0.3) is 0 Å². The SMILES string of the molecule is CCNC(=NCC(=O)N(C)C)NCC(C)(C)C1CCCCC1.I. The molecule has 0 heterocycles. The smallest absolute Gasteiger partial charge is 0.243 e. The monoisotopic (exact) mass is 438 g/mol. The number of hydrogen-bond donors (Lipinski definition) is 2. The number of guanidine groups is 1. The molecule has 0 radical (unpaired) electrons. The van der Waals surface area contributed by atoms with Gasteiger partial charge in [0.1, 0.15) is 6.54 Å². The number of halogens is 1. The quantitative estimate of drug-likeness (QED) is 0.381. The fraction of sp³-hybridized carbons (Fsp3) is 0.882. The number of aliphatic imine (C=N–C) groups is 1. The van der Waals surface area contributed by atoms with E-state index < -0.39 is 0 Å². The Labute approximate surface area is 159 Å². The Bertz CT molecular complexity index is 377. The van der Waals surface area contributed by atoms with E-state index in [4.69, 9.17) is 0 Å². The summed E-state index contributed by atoms with van der Waals surface area (Å²) in [6.45, 7) is 8.59. The van der Waals surface area contributed by atoms with Gasteiger partial charge in [0.15, 0.2) is 5.96 Å². The molecule has 136 valence electrons. The molecule has 0 aromatic carbocycles. The summed E-state index contributed by atoms with van der Waals surface area (Å²) in [5.74, 6) is 1.53. The van der Waals surface area contributed by atoms with Crippen molar-refractivity contribution < 1.29 is 4.79 Å². The molecule has 0 unspecified atom stereocenters. The van der Waals surface area contributed by atoms with Crippen LogP contribution in [-0.4, -0.2) is 50.5 Å². The van der Waals surface area contributed by atoms with Crippen LogP contribution >= 0.6 is 24.0 Å². The van der Waals surface area contributed by atoms with E-state index in [1.165, 1.54) is 32.1 Å². The summed E-state index contributed by atoms with van der Waals surface area (Å²) in [4.78, 5) is 17.6. The highest BCUT2D eigenvalue weighted by atomic mass is 127. The standard InChI is InChI=1S/C17H34N4O.HI/c1-6-18-16(19-12-15(22)21(4)5)20-13-17(2,3)14-10-8-7-9-11-14;/h14H,6-13H2,1-5H3,(H2,18,19,20);1H. The second-order valence-corrected chi connectivity index (χ2v) is 7.16. The Morgan fingerprint density at radius 2 is 1.78 bits per heavy atom. The van der Waals surface area contributed by atoms with Gasteiger partial charge in [0.25, 0.3) is 0 Å². The zero-order chi connectivity index (χ0) is 16.6. The second kappa shape index (κ2) is 11.1. The van der Waals surface area contributed by atoms with Crippen molar-refractivity contribution >= 4 is 35.8 Å². The topological polar surface area (TPSA) is 56.7 Å². The van der Waals surface area contributed by atoms with Crippen LogP contribution < -0.4 is 10.6 Å². The largest absolute Gasteiger partial charge is 0.357 e. The van der Waals surface area contributed by atoms with Crippen molar-refractivity contribution in [2.24, 2.45) is 16.3 Å². The number of rotatable bonds is 6. The van der Waals surface area contributed by atoms with Crippen molar-refractivity contribution in [3.63, 3.8) is 0 Å². The molecule has 0 saturated heterocycles. The van der Waals surface area contributed by atoms with E-state index >= 15 is 0 Å². The summed E-state index contributed by atoms with van der Waals surface area (Å²) < 4.78 is 0. The first-order valence-corrected chi connectivity index (χ1v) is 8.59. The Hall–Kier alpha value is -0.530. The van der Waals surface area contributed by atoms with Gasteiger partial charge < -0.3 is 15.5 Å².